The first kappa shape index (κ1) is 13.1. The molecular formula is C14H9Cl2NO3. The zero-order chi connectivity index (χ0) is 13.9. The molecule has 0 fully saturated rings. The van der Waals surface area contributed by atoms with Crippen LogP contribution in [0, 0.1) is 0 Å². The van der Waals surface area contributed by atoms with E-state index in [4.69, 9.17) is 36.9 Å². The third-order valence-electron chi connectivity index (χ3n) is 2.59. The summed E-state index contributed by atoms with van der Waals surface area (Å²) in [5, 5.41) is 4.92. The van der Waals surface area contributed by atoms with Crippen LogP contribution in [0.2, 0.25) is 10.0 Å². The fraction of sp³-hybridized carbons (Fsp3) is 0.0714. The average Bonchev–Trinajstić information content (AvgIpc) is 3.08. The molecule has 3 rings (SSSR count). The number of benzene rings is 1. The number of rotatable bonds is 4. The van der Waals surface area contributed by atoms with Gasteiger partial charge in [0.25, 0.3) is 0 Å². The van der Waals surface area contributed by atoms with Crippen LogP contribution in [-0.2, 0) is 6.61 Å². The Hall–Kier alpha value is -1.91. The lowest BCUT2D eigenvalue weighted by molar-refractivity contribution is 0.290. The Morgan fingerprint density at radius 3 is 2.75 bits per heavy atom. The van der Waals surface area contributed by atoms with Crippen LogP contribution in [0.25, 0.3) is 11.5 Å². The second kappa shape index (κ2) is 5.61. The molecule has 0 unspecified atom stereocenters. The number of ether oxygens (including phenoxy) is 1. The van der Waals surface area contributed by atoms with Crippen LogP contribution >= 0.6 is 23.2 Å². The molecule has 20 heavy (non-hydrogen) atoms. The summed E-state index contributed by atoms with van der Waals surface area (Å²) < 4.78 is 16.0. The van der Waals surface area contributed by atoms with Crippen molar-refractivity contribution < 1.29 is 13.7 Å². The Balaban J connectivity index is 1.70. The van der Waals surface area contributed by atoms with E-state index in [1.54, 1.807) is 42.7 Å². The van der Waals surface area contributed by atoms with Crippen LogP contribution in [0.3, 0.4) is 0 Å². The Bertz CT molecular complexity index is 707. The maximum Gasteiger partial charge on any atom is 0.202 e. The first-order valence-corrected chi connectivity index (χ1v) is 6.55. The van der Waals surface area contributed by atoms with Gasteiger partial charge in [-0.1, -0.05) is 28.4 Å². The van der Waals surface area contributed by atoms with Crippen molar-refractivity contribution >= 4 is 23.2 Å². The molecule has 6 heteroatoms. The minimum absolute atomic E-state index is 0.242. The summed E-state index contributed by atoms with van der Waals surface area (Å²) in [7, 11) is 0. The Labute approximate surface area is 124 Å². The summed E-state index contributed by atoms with van der Waals surface area (Å²) in [6, 6.07) is 10.4. The number of aromatic nitrogens is 1. The molecular weight excluding hydrogens is 301 g/mol. The Kier molecular flexibility index (Phi) is 3.67. The van der Waals surface area contributed by atoms with E-state index in [0.717, 1.165) is 0 Å². The minimum atomic E-state index is 0.242. The van der Waals surface area contributed by atoms with E-state index in [1.807, 2.05) is 0 Å². The zero-order valence-electron chi connectivity index (χ0n) is 10.2. The van der Waals surface area contributed by atoms with E-state index < -0.39 is 0 Å². The van der Waals surface area contributed by atoms with E-state index in [2.05, 4.69) is 5.16 Å². The lowest BCUT2D eigenvalue weighted by Crippen LogP contribution is -1.95. The number of hydrogen-bond acceptors (Lipinski definition) is 4. The molecule has 0 atom stereocenters. The van der Waals surface area contributed by atoms with Gasteiger partial charge in [0.1, 0.15) is 18.1 Å². The van der Waals surface area contributed by atoms with Crippen LogP contribution in [0.1, 0.15) is 5.69 Å². The normalized spacial score (nSPS) is 10.7. The SMILES string of the molecule is Clc1ccc(OCc2cc(-c3ccco3)on2)c(Cl)c1. The Morgan fingerprint density at radius 2 is 2.00 bits per heavy atom. The molecule has 102 valence electrons. The maximum absolute atomic E-state index is 6.01. The van der Waals surface area contributed by atoms with Gasteiger partial charge in [-0.15, -0.1) is 0 Å². The van der Waals surface area contributed by atoms with Gasteiger partial charge in [0.05, 0.1) is 11.3 Å². The highest BCUT2D eigenvalue weighted by Crippen LogP contribution is 2.28. The predicted octanol–water partition coefficient (Wildman–Crippen LogP) is 4.82. The van der Waals surface area contributed by atoms with Gasteiger partial charge in [-0.3, -0.25) is 0 Å². The van der Waals surface area contributed by atoms with Crippen molar-refractivity contribution in [3.63, 3.8) is 0 Å². The molecule has 0 saturated carbocycles. The minimum Gasteiger partial charge on any atom is -0.486 e. The monoisotopic (exact) mass is 309 g/mol. The molecule has 0 amide bonds. The largest absolute Gasteiger partial charge is 0.486 e. The van der Waals surface area contributed by atoms with Gasteiger partial charge in [0.2, 0.25) is 5.76 Å². The second-order valence-electron chi connectivity index (χ2n) is 4.02. The number of hydrogen-bond donors (Lipinski definition) is 0. The van der Waals surface area contributed by atoms with Gasteiger partial charge in [0, 0.05) is 11.1 Å². The Morgan fingerprint density at radius 1 is 1.10 bits per heavy atom. The fourth-order valence-corrected chi connectivity index (χ4v) is 2.12. The average molecular weight is 310 g/mol. The van der Waals surface area contributed by atoms with Crippen LogP contribution in [0.5, 0.6) is 5.75 Å². The maximum atomic E-state index is 6.01. The molecule has 1 aromatic carbocycles. The van der Waals surface area contributed by atoms with E-state index in [-0.39, 0.29) is 6.61 Å². The van der Waals surface area contributed by atoms with Gasteiger partial charge in [-0.2, -0.15) is 0 Å². The van der Waals surface area contributed by atoms with Gasteiger partial charge < -0.3 is 13.7 Å². The first-order valence-electron chi connectivity index (χ1n) is 5.80. The lowest BCUT2D eigenvalue weighted by Gasteiger charge is -2.05. The van der Waals surface area contributed by atoms with E-state index in [9.17, 15) is 0 Å². The lowest BCUT2D eigenvalue weighted by atomic mass is 10.3. The standard InChI is InChI=1S/C14H9Cl2NO3/c15-9-3-4-12(11(16)6-9)19-8-10-7-14(20-17-10)13-2-1-5-18-13/h1-7H,8H2. The molecule has 0 radical (unpaired) electrons. The predicted molar refractivity (Wildman–Crippen MR) is 75.0 cm³/mol. The van der Waals surface area contributed by atoms with E-state index >= 15 is 0 Å². The molecule has 0 aliphatic carbocycles. The summed E-state index contributed by atoms with van der Waals surface area (Å²) in [6.07, 6.45) is 1.57. The van der Waals surface area contributed by atoms with Gasteiger partial charge >= 0.3 is 0 Å². The second-order valence-corrected chi connectivity index (χ2v) is 4.87. The first-order chi connectivity index (χ1) is 9.72. The molecule has 0 N–H and O–H groups in total. The molecule has 2 heterocycles. The van der Waals surface area contributed by atoms with Crippen LogP contribution in [-0.4, -0.2) is 5.16 Å². The van der Waals surface area contributed by atoms with Crippen molar-refractivity contribution in [1.82, 2.24) is 5.16 Å². The number of furan rings is 1. The highest BCUT2D eigenvalue weighted by molar-refractivity contribution is 6.35. The van der Waals surface area contributed by atoms with Crippen LogP contribution in [0.15, 0.2) is 51.6 Å². The van der Waals surface area contributed by atoms with Crippen molar-refractivity contribution in [3.05, 3.63) is 58.4 Å². The molecule has 0 aliphatic heterocycles. The van der Waals surface area contributed by atoms with Gasteiger partial charge in [0.15, 0.2) is 5.76 Å². The summed E-state index contributed by atoms with van der Waals surface area (Å²) in [5.74, 6) is 1.71. The van der Waals surface area contributed by atoms with E-state index in [1.165, 1.54) is 0 Å². The van der Waals surface area contributed by atoms with Crippen molar-refractivity contribution in [3.8, 4) is 17.3 Å². The van der Waals surface area contributed by atoms with Crippen molar-refractivity contribution in [2.45, 2.75) is 6.61 Å². The quantitative estimate of drug-likeness (QED) is 0.693. The van der Waals surface area contributed by atoms with Gasteiger partial charge in [-0.05, 0) is 30.3 Å². The highest BCUT2D eigenvalue weighted by atomic mass is 35.5. The smallest absolute Gasteiger partial charge is 0.202 e. The van der Waals surface area contributed by atoms with Crippen LogP contribution < -0.4 is 4.74 Å². The molecule has 0 spiro atoms. The summed E-state index contributed by atoms with van der Waals surface area (Å²) in [4.78, 5) is 0. The van der Waals surface area contributed by atoms with Crippen LogP contribution in [0.4, 0.5) is 0 Å². The summed E-state index contributed by atoms with van der Waals surface area (Å²) >= 11 is 11.8. The molecule has 4 nitrogen and oxygen atoms in total. The molecule has 0 aliphatic rings. The topological polar surface area (TPSA) is 48.4 Å². The molecule has 3 aromatic rings. The number of halogens is 2. The summed E-state index contributed by atoms with van der Waals surface area (Å²) in [5.41, 5.74) is 0.641. The third kappa shape index (κ3) is 2.81. The molecule has 0 bridgehead atoms. The number of nitrogens with zero attached hydrogens (tertiary/aromatic N) is 1. The zero-order valence-corrected chi connectivity index (χ0v) is 11.7. The molecule has 0 saturated heterocycles. The van der Waals surface area contributed by atoms with E-state index in [0.29, 0.717) is 33.0 Å². The van der Waals surface area contributed by atoms with Crippen molar-refractivity contribution in [2.24, 2.45) is 0 Å². The van der Waals surface area contributed by atoms with Gasteiger partial charge in [-0.25, -0.2) is 0 Å². The van der Waals surface area contributed by atoms with Crippen molar-refractivity contribution in [1.29, 1.82) is 0 Å². The van der Waals surface area contributed by atoms with Crippen molar-refractivity contribution in [2.75, 3.05) is 0 Å². The highest BCUT2D eigenvalue weighted by Gasteiger charge is 2.10. The third-order valence-corrected chi connectivity index (χ3v) is 3.12. The fourth-order valence-electron chi connectivity index (χ4n) is 1.66. The summed E-state index contributed by atoms with van der Waals surface area (Å²) in [6.45, 7) is 0.242. The molecule has 2 aromatic heterocycles.